The van der Waals surface area contributed by atoms with Gasteiger partial charge in [0.1, 0.15) is 5.75 Å². The van der Waals surface area contributed by atoms with E-state index >= 15 is 0 Å². The van der Waals surface area contributed by atoms with Gasteiger partial charge in [-0.15, -0.1) is 0 Å². The fourth-order valence-corrected chi connectivity index (χ4v) is 2.35. The van der Waals surface area contributed by atoms with Crippen LogP contribution in [0.1, 0.15) is 22.8 Å². The summed E-state index contributed by atoms with van der Waals surface area (Å²) in [6.07, 6.45) is -1.07. The number of benzene rings is 2. The molecule has 0 bridgehead atoms. The molecule has 1 N–H and O–H groups in total. The van der Waals surface area contributed by atoms with Crippen LogP contribution in [0.5, 0.6) is 17.2 Å². The number of hydrogen-bond acceptors (Lipinski definition) is 6. The molecular weight excluding hydrogens is 388 g/mol. The molecule has 1 atom stereocenters. The van der Waals surface area contributed by atoms with Gasteiger partial charge in [0, 0.05) is 6.54 Å². The fourth-order valence-electron chi connectivity index (χ4n) is 2.35. The second-order valence-corrected chi connectivity index (χ2v) is 5.86. The van der Waals surface area contributed by atoms with E-state index in [9.17, 15) is 18.4 Å². The summed E-state index contributed by atoms with van der Waals surface area (Å²) in [7, 11) is 2.81. The molecular formula is C20H21F2NO6. The number of nitrogens with one attached hydrogen (secondary N) is 1. The maximum Gasteiger partial charge on any atom is 0.387 e. The van der Waals surface area contributed by atoms with Crippen molar-refractivity contribution >= 4 is 11.9 Å². The SMILES string of the molecule is COc1ccc(CNC(=O)[C@H](C)OC(=O)c2ccc(OC(F)F)c(OC)c2)cc1. The highest BCUT2D eigenvalue weighted by Gasteiger charge is 2.20. The third-order valence-corrected chi connectivity index (χ3v) is 3.89. The predicted octanol–water partition coefficient (Wildman–Crippen LogP) is 3.17. The first-order valence-corrected chi connectivity index (χ1v) is 8.58. The number of esters is 1. The average molecular weight is 409 g/mol. The molecule has 0 fully saturated rings. The van der Waals surface area contributed by atoms with Crippen molar-refractivity contribution in [2.24, 2.45) is 0 Å². The minimum Gasteiger partial charge on any atom is -0.497 e. The van der Waals surface area contributed by atoms with E-state index < -0.39 is 24.6 Å². The summed E-state index contributed by atoms with van der Waals surface area (Å²) >= 11 is 0. The molecule has 0 saturated heterocycles. The minimum atomic E-state index is -3.03. The molecule has 0 aromatic heterocycles. The predicted molar refractivity (Wildman–Crippen MR) is 99.3 cm³/mol. The van der Waals surface area contributed by atoms with Gasteiger partial charge in [-0.1, -0.05) is 12.1 Å². The van der Waals surface area contributed by atoms with Crippen LogP contribution in [0.15, 0.2) is 42.5 Å². The summed E-state index contributed by atoms with van der Waals surface area (Å²) in [5, 5.41) is 2.66. The van der Waals surface area contributed by atoms with E-state index in [1.165, 1.54) is 26.2 Å². The van der Waals surface area contributed by atoms with E-state index in [2.05, 4.69) is 10.1 Å². The quantitative estimate of drug-likeness (QED) is 0.641. The highest BCUT2D eigenvalue weighted by atomic mass is 19.3. The topological polar surface area (TPSA) is 83.1 Å². The van der Waals surface area contributed by atoms with E-state index in [0.717, 1.165) is 11.6 Å². The van der Waals surface area contributed by atoms with Crippen LogP contribution in [0, 0.1) is 0 Å². The Morgan fingerprint density at radius 2 is 1.69 bits per heavy atom. The molecule has 0 spiro atoms. The molecule has 29 heavy (non-hydrogen) atoms. The third-order valence-electron chi connectivity index (χ3n) is 3.89. The zero-order valence-electron chi connectivity index (χ0n) is 16.1. The molecule has 0 saturated carbocycles. The molecule has 156 valence electrons. The molecule has 0 aliphatic carbocycles. The summed E-state index contributed by atoms with van der Waals surface area (Å²) in [5.74, 6) is -0.874. The smallest absolute Gasteiger partial charge is 0.387 e. The largest absolute Gasteiger partial charge is 0.497 e. The van der Waals surface area contributed by atoms with Crippen molar-refractivity contribution in [3.8, 4) is 17.2 Å². The molecule has 0 unspecified atom stereocenters. The lowest BCUT2D eigenvalue weighted by Gasteiger charge is -2.15. The molecule has 0 heterocycles. The summed E-state index contributed by atoms with van der Waals surface area (Å²) in [6.45, 7) is -1.36. The van der Waals surface area contributed by atoms with Crippen molar-refractivity contribution in [3.05, 3.63) is 53.6 Å². The van der Waals surface area contributed by atoms with Crippen LogP contribution in [0.2, 0.25) is 0 Å². The van der Waals surface area contributed by atoms with Gasteiger partial charge in [-0.2, -0.15) is 8.78 Å². The molecule has 9 heteroatoms. The maximum absolute atomic E-state index is 12.4. The Morgan fingerprint density at radius 1 is 1.00 bits per heavy atom. The van der Waals surface area contributed by atoms with E-state index in [-0.39, 0.29) is 23.6 Å². The molecule has 0 radical (unpaired) electrons. The number of carbonyl (C=O) groups excluding carboxylic acids is 2. The monoisotopic (exact) mass is 409 g/mol. The number of rotatable bonds is 9. The van der Waals surface area contributed by atoms with Crippen LogP contribution in [-0.2, 0) is 16.1 Å². The normalized spacial score (nSPS) is 11.5. The first kappa shape index (κ1) is 21.9. The maximum atomic E-state index is 12.4. The van der Waals surface area contributed by atoms with Gasteiger partial charge in [0.15, 0.2) is 17.6 Å². The standard InChI is InChI=1S/C20H21F2NO6/c1-12(18(24)23-11-13-4-7-15(26-2)8-5-13)28-19(25)14-6-9-16(29-20(21)22)17(10-14)27-3/h4-10,12,20H,11H2,1-3H3,(H,23,24)/t12-/m0/s1. The molecule has 2 aromatic rings. The minimum absolute atomic E-state index is 0.0262. The van der Waals surface area contributed by atoms with Crippen molar-refractivity contribution in [2.75, 3.05) is 14.2 Å². The summed E-state index contributed by atoms with van der Waals surface area (Å²) in [6, 6.07) is 10.7. The summed E-state index contributed by atoms with van der Waals surface area (Å²) in [4.78, 5) is 24.4. The van der Waals surface area contributed by atoms with E-state index in [1.54, 1.807) is 31.4 Å². The lowest BCUT2D eigenvalue weighted by atomic mass is 10.2. The third kappa shape index (κ3) is 6.34. The Kier molecular flexibility index (Phi) is 7.76. The fraction of sp³-hybridized carbons (Fsp3) is 0.300. The van der Waals surface area contributed by atoms with Gasteiger partial charge in [-0.3, -0.25) is 4.79 Å². The Morgan fingerprint density at radius 3 is 2.28 bits per heavy atom. The molecule has 7 nitrogen and oxygen atoms in total. The second-order valence-electron chi connectivity index (χ2n) is 5.86. The average Bonchev–Trinajstić information content (AvgIpc) is 2.72. The summed E-state index contributed by atoms with van der Waals surface area (Å²) < 4.78 is 44.2. The van der Waals surface area contributed by atoms with Gasteiger partial charge in [0.25, 0.3) is 5.91 Å². The number of hydrogen-bond donors (Lipinski definition) is 1. The van der Waals surface area contributed by atoms with Crippen molar-refractivity contribution in [1.82, 2.24) is 5.32 Å². The number of methoxy groups -OCH3 is 2. The zero-order valence-corrected chi connectivity index (χ0v) is 16.1. The van der Waals surface area contributed by atoms with E-state index in [0.29, 0.717) is 5.75 Å². The van der Waals surface area contributed by atoms with E-state index in [4.69, 9.17) is 14.2 Å². The second kappa shape index (κ2) is 10.3. The van der Waals surface area contributed by atoms with Crippen LogP contribution in [0.4, 0.5) is 8.78 Å². The first-order chi connectivity index (χ1) is 13.8. The lowest BCUT2D eigenvalue weighted by molar-refractivity contribution is -0.129. The number of ether oxygens (including phenoxy) is 4. The number of carbonyl (C=O) groups is 2. The highest BCUT2D eigenvalue weighted by Crippen LogP contribution is 2.29. The number of alkyl halides is 2. The Labute approximate surface area is 166 Å². The van der Waals surface area contributed by atoms with Crippen LogP contribution < -0.4 is 19.5 Å². The van der Waals surface area contributed by atoms with Gasteiger partial charge in [0.05, 0.1) is 19.8 Å². The van der Waals surface area contributed by atoms with Crippen molar-refractivity contribution in [1.29, 1.82) is 0 Å². The lowest BCUT2D eigenvalue weighted by Crippen LogP contribution is -2.35. The molecule has 0 aliphatic rings. The zero-order chi connectivity index (χ0) is 21.4. The van der Waals surface area contributed by atoms with Crippen molar-refractivity contribution < 1.29 is 37.3 Å². The van der Waals surface area contributed by atoms with Crippen molar-refractivity contribution in [2.45, 2.75) is 26.2 Å². The van der Waals surface area contributed by atoms with Gasteiger partial charge in [-0.05, 0) is 42.8 Å². The summed E-state index contributed by atoms with van der Waals surface area (Å²) in [5.41, 5.74) is 0.871. The molecule has 0 aliphatic heterocycles. The molecule has 2 rings (SSSR count). The number of halogens is 2. The highest BCUT2D eigenvalue weighted by molar-refractivity contribution is 5.92. The number of amides is 1. The van der Waals surface area contributed by atoms with Gasteiger partial charge >= 0.3 is 12.6 Å². The van der Waals surface area contributed by atoms with Gasteiger partial charge in [0.2, 0.25) is 0 Å². The van der Waals surface area contributed by atoms with Crippen LogP contribution >= 0.6 is 0 Å². The molecule has 2 aromatic carbocycles. The Hall–Kier alpha value is -3.36. The van der Waals surface area contributed by atoms with Gasteiger partial charge < -0.3 is 24.3 Å². The van der Waals surface area contributed by atoms with Crippen LogP contribution in [-0.4, -0.2) is 38.8 Å². The Bertz CT molecular complexity index is 841. The van der Waals surface area contributed by atoms with Crippen LogP contribution in [0.25, 0.3) is 0 Å². The van der Waals surface area contributed by atoms with E-state index in [1.807, 2.05) is 0 Å². The first-order valence-electron chi connectivity index (χ1n) is 8.58. The van der Waals surface area contributed by atoms with Crippen molar-refractivity contribution in [3.63, 3.8) is 0 Å². The van der Waals surface area contributed by atoms with Crippen LogP contribution in [0.3, 0.4) is 0 Å². The van der Waals surface area contributed by atoms with Gasteiger partial charge in [-0.25, -0.2) is 4.79 Å². The molecule has 1 amide bonds. The Balaban J connectivity index is 1.93.